The van der Waals surface area contributed by atoms with Crippen LogP contribution < -0.4 is 0 Å². The average molecular weight is 228 g/mol. The molecule has 0 aliphatic rings. The van der Waals surface area contributed by atoms with E-state index in [-0.39, 0.29) is 13.0 Å². The first-order valence-corrected chi connectivity index (χ1v) is 6.03. The highest BCUT2D eigenvalue weighted by Crippen LogP contribution is 2.28. The van der Waals surface area contributed by atoms with Gasteiger partial charge in [-0.3, -0.25) is 0 Å². The highest BCUT2D eigenvalue weighted by Gasteiger charge is 2.19. The molecule has 0 aromatic heterocycles. The summed E-state index contributed by atoms with van der Waals surface area (Å²) in [5.41, 5.74) is 0.714. The molecule has 0 bridgehead atoms. The fourth-order valence-electron chi connectivity index (χ4n) is 1.41. The molecule has 0 aliphatic carbocycles. The molecule has 0 amide bonds. The minimum atomic E-state index is -0.930. The van der Waals surface area contributed by atoms with Crippen LogP contribution in [0.3, 0.4) is 0 Å². The van der Waals surface area contributed by atoms with Crippen LogP contribution in [0.25, 0.3) is 0 Å². The van der Waals surface area contributed by atoms with E-state index < -0.39 is 12.2 Å². The van der Waals surface area contributed by atoms with Gasteiger partial charge in [-0.15, -0.1) is 11.8 Å². The molecule has 1 aromatic carbocycles. The Hall–Kier alpha value is -0.550. The van der Waals surface area contributed by atoms with E-state index in [1.165, 1.54) is 11.8 Å². The van der Waals surface area contributed by atoms with E-state index in [1.54, 1.807) is 6.07 Å². The van der Waals surface area contributed by atoms with Crippen molar-refractivity contribution in [3.63, 3.8) is 0 Å². The zero-order chi connectivity index (χ0) is 11.3. The Balaban J connectivity index is 2.84. The van der Waals surface area contributed by atoms with E-state index in [4.69, 9.17) is 5.11 Å². The second-order valence-corrected chi connectivity index (χ2v) is 4.11. The van der Waals surface area contributed by atoms with Gasteiger partial charge in [-0.1, -0.05) is 18.2 Å². The monoisotopic (exact) mass is 228 g/mol. The maximum atomic E-state index is 9.86. The second-order valence-electron chi connectivity index (χ2n) is 3.27. The minimum Gasteiger partial charge on any atom is -0.396 e. The molecular formula is C11H16O3S. The Kier molecular flexibility index (Phi) is 5.11. The lowest BCUT2D eigenvalue weighted by molar-refractivity contribution is 0.00284. The van der Waals surface area contributed by atoms with Crippen LogP contribution in [0.4, 0.5) is 0 Å². The summed E-state index contributed by atoms with van der Waals surface area (Å²) in [6.07, 6.45) is 0.262. The van der Waals surface area contributed by atoms with Gasteiger partial charge in [0.25, 0.3) is 0 Å². The standard InChI is InChI=1S/C11H16O3S/c1-15-10-5-3-2-4-8(10)11(14)9(13)6-7-12/h2-5,9,11-14H,6-7H2,1H3. The summed E-state index contributed by atoms with van der Waals surface area (Å²) in [7, 11) is 0. The topological polar surface area (TPSA) is 60.7 Å². The van der Waals surface area contributed by atoms with Crippen molar-refractivity contribution in [3.8, 4) is 0 Å². The predicted molar refractivity (Wildman–Crippen MR) is 60.9 cm³/mol. The number of benzene rings is 1. The molecule has 1 rings (SSSR count). The van der Waals surface area contributed by atoms with Crippen LogP contribution in [0.5, 0.6) is 0 Å². The third-order valence-electron chi connectivity index (χ3n) is 2.25. The van der Waals surface area contributed by atoms with Gasteiger partial charge in [0.2, 0.25) is 0 Å². The van der Waals surface area contributed by atoms with E-state index in [0.717, 1.165) is 4.90 Å². The molecule has 3 nitrogen and oxygen atoms in total. The fraction of sp³-hybridized carbons (Fsp3) is 0.455. The normalized spacial score (nSPS) is 14.9. The van der Waals surface area contributed by atoms with E-state index in [0.29, 0.717) is 5.56 Å². The quantitative estimate of drug-likeness (QED) is 0.662. The van der Waals surface area contributed by atoms with Crippen molar-refractivity contribution in [1.29, 1.82) is 0 Å². The lowest BCUT2D eigenvalue weighted by Gasteiger charge is -2.19. The van der Waals surface area contributed by atoms with Crippen molar-refractivity contribution < 1.29 is 15.3 Å². The highest BCUT2D eigenvalue weighted by molar-refractivity contribution is 7.98. The van der Waals surface area contributed by atoms with Crippen molar-refractivity contribution in [1.82, 2.24) is 0 Å². The molecule has 0 aliphatic heterocycles. The second kappa shape index (κ2) is 6.12. The lowest BCUT2D eigenvalue weighted by Crippen LogP contribution is -2.20. The van der Waals surface area contributed by atoms with Crippen LogP contribution in [-0.2, 0) is 0 Å². The summed E-state index contributed by atoms with van der Waals surface area (Å²) in [6, 6.07) is 7.40. The third-order valence-corrected chi connectivity index (χ3v) is 3.06. The van der Waals surface area contributed by atoms with E-state index in [1.807, 2.05) is 24.5 Å². The smallest absolute Gasteiger partial charge is 0.106 e. The van der Waals surface area contributed by atoms with Crippen LogP contribution in [0.1, 0.15) is 18.1 Å². The number of hydrogen-bond acceptors (Lipinski definition) is 4. The van der Waals surface area contributed by atoms with Crippen molar-refractivity contribution in [3.05, 3.63) is 29.8 Å². The zero-order valence-electron chi connectivity index (χ0n) is 8.63. The van der Waals surface area contributed by atoms with Gasteiger partial charge >= 0.3 is 0 Å². The van der Waals surface area contributed by atoms with Gasteiger partial charge in [-0.05, 0) is 24.3 Å². The Morgan fingerprint density at radius 3 is 2.53 bits per heavy atom. The average Bonchev–Trinajstić information content (AvgIpc) is 2.28. The number of hydrogen-bond donors (Lipinski definition) is 3. The molecule has 0 saturated heterocycles. The largest absolute Gasteiger partial charge is 0.396 e. The van der Waals surface area contributed by atoms with Gasteiger partial charge in [0, 0.05) is 11.5 Å². The van der Waals surface area contributed by atoms with Gasteiger partial charge in [0.15, 0.2) is 0 Å². The third kappa shape index (κ3) is 3.21. The summed E-state index contributed by atoms with van der Waals surface area (Å²) in [6.45, 7) is -0.125. The SMILES string of the molecule is CSc1ccccc1C(O)C(O)CCO. The molecule has 15 heavy (non-hydrogen) atoms. The van der Waals surface area contributed by atoms with Gasteiger partial charge in [-0.2, -0.15) is 0 Å². The van der Waals surface area contributed by atoms with Crippen molar-refractivity contribution >= 4 is 11.8 Å². The number of thioether (sulfide) groups is 1. The van der Waals surface area contributed by atoms with Crippen molar-refractivity contribution in [2.24, 2.45) is 0 Å². The number of aliphatic hydroxyl groups is 3. The van der Waals surface area contributed by atoms with Crippen LogP contribution in [-0.4, -0.2) is 34.3 Å². The first kappa shape index (κ1) is 12.5. The molecule has 0 fully saturated rings. The molecule has 0 saturated carbocycles. The van der Waals surface area contributed by atoms with Crippen molar-refractivity contribution in [2.75, 3.05) is 12.9 Å². The Labute approximate surface area is 93.8 Å². The van der Waals surface area contributed by atoms with Crippen LogP contribution >= 0.6 is 11.8 Å². The molecule has 2 unspecified atom stereocenters. The molecule has 3 N–H and O–H groups in total. The van der Waals surface area contributed by atoms with E-state index >= 15 is 0 Å². The molecule has 1 aromatic rings. The van der Waals surface area contributed by atoms with E-state index in [9.17, 15) is 10.2 Å². The van der Waals surface area contributed by atoms with E-state index in [2.05, 4.69) is 0 Å². The Morgan fingerprint density at radius 1 is 1.27 bits per heavy atom. The van der Waals surface area contributed by atoms with Crippen LogP contribution in [0.15, 0.2) is 29.2 Å². The first-order chi connectivity index (χ1) is 7.20. The van der Waals surface area contributed by atoms with Gasteiger partial charge in [0.1, 0.15) is 6.10 Å². The zero-order valence-corrected chi connectivity index (χ0v) is 9.44. The maximum absolute atomic E-state index is 9.86. The van der Waals surface area contributed by atoms with Gasteiger partial charge in [0.05, 0.1) is 6.10 Å². The minimum absolute atomic E-state index is 0.125. The summed E-state index contributed by atoms with van der Waals surface area (Å²) >= 11 is 1.53. The molecule has 0 heterocycles. The first-order valence-electron chi connectivity index (χ1n) is 4.80. The lowest BCUT2D eigenvalue weighted by atomic mass is 10.0. The molecule has 0 spiro atoms. The summed E-state index contributed by atoms with van der Waals surface area (Å²) < 4.78 is 0. The van der Waals surface area contributed by atoms with Crippen molar-refractivity contribution in [2.45, 2.75) is 23.5 Å². The Bertz CT molecular complexity index is 304. The highest BCUT2D eigenvalue weighted by atomic mass is 32.2. The van der Waals surface area contributed by atoms with Gasteiger partial charge < -0.3 is 15.3 Å². The summed E-state index contributed by atoms with van der Waals surface area (Å²) in [4.78, 5) is 0.946. The summed E-state index contributed by atoms with van der Waals surface area (Å²) in [5.74, 6) is 0. The fourth-order valence-corrected chi connectivity index (χ4v) is 2.05. The van der Waals surface area contributed by atoms with Crippen LogP contribution in [0.2, 0.25) is 0 Å². The number of aliphatic hydroxyl groups excluding tert-OH is 3. The maximum Gasteiger partial charge on any atom is 0.106 e. The van der Waals surface area contributed by atoms with Crippen LogP contribution in [0, 0.1) is 0 Å². The molecular weight excluding hydrogens is 212 g/mol. The predicted octanol–water partition coefficient (Wildman–Crippen LogP) is 1.19. The molecule has 84 valence electrons. The molecule has 4 heteroatoms. The number of rotatable bonds is 5. The van der Waals surface area contributed by atoms with Gasteiger partial charge in [-0.25, -0.2) is 0 Å². The Morgan fingerprint density at radius 2 is 1.93 bits per heavy atom. The molecule has 0 radical (unpaired) electrons. The molecule has 2 atom stereocenters. The summed E-state index contributed by atoms with van der Waals surface area (Å²) in [5, 5.41) is 28.1.